The van der Waals surface area contributed by atoms with Crippen LogP contribution in [0.4, 0.5) is 0 Å². The van der Waals surface area contributed by atoms with E-state index < -0.39 is 0 Å². The first kappa shape index (κ1) is 16.2. The number of ether oxygens (including phenoxy) is 1. The summed E-state index contributed by atoms with van der Waals surface area (Å²) < 4.78 is 5.30. The molecule has 0 heterocycles. The number of halogens is 1. The van der Waals surface area contributed by atoms with Crippen LogP contribution in [-0.2, 0) is 0 Å². The predicted molar refractivity (Wildman–Crippen MR) is 86.3 cm³/mol. The van der Waals surface area contributed by atoms with Crippen molar-refractivity contribution < 1.29 is 9.53 Å². The summed E-state index contributed by atoms with van der Waals surface area (Å²) in [7, 11) is 1.58. The number of benzene rings is 1. The quantitative estimate of drug-likeness (QED) is 0.856. The molecule has 0 atom stereocenters. The molecule has 4 heteroatoms. The third kappa shape index (κ3) is 3.70. The molecule has 0 aromatic heterocycles. The summed E-state index contributed by atoms with van der Waals surface area (Å²) in [4.78, 5) is 12.6. The van der Waals surface area contributed by atoms with Crippen molar-refractivity contribution in [3.05, 3.63) is 29.3 Å². The van der Waals surface area contributed by atoms with Gasteiger partial charge in [0.2, 0.25) is 0 Å². The Bertz CT molecular complexity index is 508. The molecule has 2 rings (SSSR count). The van der Waals surface area contributed by atoms with E-state index in [2.05, 4.69) is 12.2 Å². The monoisotopic (exact) mass is 309 g/mol. The fraction of sp³-hybridized carbons (Fsp3) is 0.588. The number of hydrogen-bond acceptors (Lipinski definition) is 2. The number of carbonyl (C=O) groups excluding carboxylic acids is 1. The molecule has 0 radical (unpaired) electrons. The van der Waals surface area contributed by atoms with E-state index in [0.29, 0.717) is 23.1 Å². The highest BCUT2D eigenvalue weighted by Gasteiger charge is 2.35. The van der Waals surface area contributed by atoms with Crippen molar-refractivity contribution in [3.8, 4) is 5.75 Å². The molecule has 116 valence electrons. The second-order valence-corrected chi connectivity index (χ2v) is 6.52. The Morgan fingerprint density at radius 3 is 2.67 bits per heavy atom. The fourth-order valence-electron chi connectivity index (χ4n) is 2.91. The van der Waals surface area contributed by atoms with Gasteiger partial charge in [0, 0.05) is 5.88 Å². The van der Waals surface area contributed by atoms with Gasteiger partial charge < -0.3 is 10.1 Å². The summed E-state index contributed by atoms with van der Waals surface area (Å²) >= 11 is 6.18. The van der Waals surface area contributed by atoms with E-state index in [9.17, 15) is 4.79 Å². The molecule has 1 aliphatic carbocycles. The summed E-state index contributed by atoms with van der Waals surface area (Å²) in [6.07, 6.45) is 4.10. The summed E-state index contributed by atoms with van der Waals surface area (Å²) in [5, 5.41) is 3.17. The van der Waals surface area contributed by atoms with Crippen LogP contribution in [0.25, 0.3) is 0 Å². The maximum atomic E-state index is 12.6. The molecule has 1 saturated carbocycles. The number of carbonyl (C=O) groups is 1. The van der Waals surface area contributed by atoms with Crippen LogP contribution < -0.4 is 10.1 Å². The molecule has 1 aliphatic rings. The van der Waals surface area contributed by atoms with Gasteiger partial charge in [0.25, 0.3) is 5.91 Å². The first-order chi connectivity index (χ1) is 9.99. The van der Waals surface area contributed by atoms with E-state index in [1.165, 1.54) is 0 Å². The Hall–Kier alpha value is -1.22. The zero-order chi connectivity index (χ0) is 15.5. The topological polar surface area (TPSA) is 38.3 Å². The van der Waals surface area contributed by atoms with Crippen molar-refractivity contribution in [1.29, 1.82) is 0 Å². The number of aryl methyl sites for hydroxylation is 1. The van der Waals surface area contributed by atoms with Gasteiger partial charge in [-0.1, -0.05) is 18.6 Å². The molecule has 0 saturated heterocycles. The van der Waals surface area contributed by atoms with E-state index in [4.69, 9.17) is 16.3 Å². The van der Waals surface area contributed by atoms with Crippen LogP contribution >= 0.6 is 11.6 Å². The lowest BCUT2D eigenvalue weighted by atomic mass is 9.78. The minimum Gasteiger partial charge on any atom is -0.496 e. The number of hydrogen-bond donors (Lipinski definition) is 1. The van der Waals surface area contributed by atoms with Crippen molar-refractivity contribution in [1.82, 2.24) is 5.32 Å². The molecular weight excluding hydrogens is 286 g/mol. The smallest absolute Gasteiger partial charge is 0.255 e. The first-order valence-corrected chi connectivity index (χ1v) is 8.06. The van der Waals surface area contributed by atoms with Crippen LogP contribution in [0.1, 0.15) is 48.5 Å². The lowest BCUT2D eigenvalue weighted by Gasteiger charge is -2.38. The summed E-state index contributed by atoms with van der Waals surface area (Å²) in [5.74, 6) is 1.68. The van der Waals surface area contributed by atoms with Gasteiger partial charge in [-0.15, -0.1) is 11.6 Å². The van der Waals surface area contributed by atoms with Crippen LogP contribution in [0.5, 0.6) is 5.75 Å². The van der Waals surface area contributed by atoms with Crippen molar-refractivity contribution in [2.45, 2.75) is 45.1 Å². The molecule has 0 bridgehead atoms. The van der Waals surface area contributed by atoms with E-state index in [1.807, 2.05) is 25.1 Å². The molecular formula is C17H24ClNO2. The molecule has 21 heavy (non-hydrogen) atoms. The molecule has 1 N–H and O–H groups in total. The zero-order valence-corrected chi connectivity index (χ0v) is 13.8. The number of alkyl halides is 1. The Kier molecular flexibility index (Phi) is 5.15. The molecule has 0 unspecified atom stereocenters. The molecule has 3 nitrogen and oxygen atoms in total. The van der Waals surface area contributed by atoms with Crippen LogP contribution in [0, 0.1) is 12.8 Å². The minimum absolute atomic E-state index is 0.0919. The SMILES string of the molecule is COc1ccc(C)cc1C(=O)NC1(CCl)CCC(C)CC1. The molecule has 0 aliphatic heterocycles. The first-order valence-electron chi connectivity index (χ1n) is 7.53. The van der Waals surface area contributed by atoms with Gasteiger partial charge in [-0.3, -0.25) is 4.79 Å². The molecule has 1 aromatic rings. The van der Waals surface area contributed by atoms with Crippen molar-refractivity contribution in [2.24, 2.45) is 5.92 Å². The van der Waals surface area contributed by atoms with E-state index in [0.717, 1.165) is 31.2 Å². The van der Waals surface area contributed by atoms with Gasteiger partial charge in [-0.2, -0.15) is 0 Å². The minimum atomic E-state index is -0.278. The lowest BCUT2D eigenvalue weighted by Crippen LogP contribution is -2.52. The highest BCUT2D eigenvalue weighted by molar-refractivity contribution is 6.19. The number of nitrogens with one attached hydrogen (secondary N) is 1. The third-order valence-corrected chi connectivity index (χ3v) is 4.98. The average molecular weight is 310 g/mol. The van der Waals surface area contributed by atoms with Crippen molar-refractivity contribution in [3.63, 3.8) is 0 Å². The van der Waals surface area contributed by atoms with Gasteiger partial charge >= 0.3 is 0 Å². The number of amides is 1. The number of methoxy groups -OCH3 is 1. The van der Waals surface area contributed by atoms with Gasteiger partial charge in [0.1, 0.15) is 5.75 Å². The molecule has 1 aromatic carbocycles. The predicted octanol–water partition coefficient (Wildman–Crippen LogP) is 3.92. The Morgan fingerprint density at radius 2 is 2.10 bits per heavy atom. The zero-order valence-electron chi connectivity index (χ0n) is 13.0. The molecule has 1 fully saturated rings. The Labute approximate surface area is 132 Å². The second kappa shape index (κ2) is 6.69. The van der Waals surface area contributed by atoms with Gasteiger partial charge in [-0.25, -0.2) is 0 Å². The second-order valence-electron chi connectivity index (χ2n) is 6.25. The molecule has 1 amide bonds. The molecule has 0 spiro atoms. The lowest BCUT2D eigenvalue weighted by molar-refractivity contribution is 0.0869. The average Bonchev–Trinajstić information content (AvgIpc) is 2.49. The normalized spacial score (nSPS) is 25.4. The largest absolute Gasteiger partial charge is 0.496 e. The van der Waals surface area contributed by atoms with Crippen LogP contribution in [0.3, 0.4) is 0 Å². The van der Waals surface area contributed by atoms with E-state index in [1.54, 1.807) is 7.11 Å². The third-order valence-electron chi connectivity index (χ3n) is 4.47. The van der Waals surface area contributed by atoms with Crippen LogP contribution in [0.2, 0.25) is 0 Å². The summed E-state index contributed by atoms with van der Waals surface area (Å²) in [6, 6.07) is 5.64. The summed E-state index contributed by atoms with van der Waals surface area (Å²) in [5.41, 5.74) is 1.35. The van der Waals surface area contributed by atoms with Crippen LogP contribution in [0.15, 0.2) is 18.2 Å². The number of rotatable bonds is 4. The standard InChI is InChI=1S/C17H24ClNO2/c1-12-6-8-17(11-18,9-7-12)19-16(20)14-10-13(2)4-5-15(14)21-3/h4-5,10,12H,6-9,11H2,1-3H3,(H,19,20). The van der Waals surface area contributed by atoms with Crippen molar-refractivity contribution in [2.75, 3.05) is 13.0 Å². The van der Waals surface area contributed by atoms with Gasteiger partial charge in [0.05, 0.1) is 18.2 Å². The maximum absolute atomic E-state index is 12.6. The summed E-state index contributed by atoms with van der Waals surface area (Å²) in [6.45, 7) is 4.22. The Morgan fingerprint density at radius 1 is 1.43 bits per heavy atom. The van der Waals surface area contributed by atoms with Gasteiger partial charge in [-0.05, 0) is 50.7 Å². The van der Waals surface area contributed by atoms with Crippen molar-refractivity contribution >= 4 is 17.5 Å². The van der Waals surface area contributed by atoms with E-state index >= 15 is 0 Å². The van der Waals surface area contributed by atoms with Crippen LogP contribution in [-0.4, -0.2) is 24.4 Å². The highest BCUT2D eigenvalue weighted by Crippen LogP contribution is 2.33. The highest BCUT2D eigenvalue weighted by atomic mass is 35.5. The maximum Gasteiger partial charge on any atom is 0.255 e. The van der Waals surface area contributed by atoms with E-state index in [-0.39, 0.29) is 11.4 Å². The fourth-order valence-corrected chi connectivity index (χ4v) is 3.25. The van der Waals surface area contributed by atoms with Gasteiger partial charge in [0.15, 0.2) is 0 Å². The Balaban J connectivity index is 2.18.